The highest BCUT2D eigenvalue weighted by atomic mass is 32.2. The molecule has 0 atom stereocenters. The smallest absolute Gasteiger partial charge is 0.208 e. The van der Waals surface area contributed by atoms with E-state index >= 15 is 0 Å². The second kappa shape index (κ2) is 7.26. The molecule has 8 heteroatoms. The number of nitrogens with zero attached hydrogens (tertiary/aromatic N) is 1. The Morgan fingerprint density at radius 2 is 1.61 bits per heavy atom. The van der Waals surface area contributed by atoms with E-state index < -0.39 is 20.0 Å². The summed E-state index contributed by atoms with van der Waals surface area (Å²) in [6.07, 6.45) is 3.30. The number of hydrogen-bond donors (Lipinski definition) is 1. The second-order valence-corrected chi connectivity index (χ2v) is 11.2. The van der Waals surface area contributed by atoms with Gasteiger partial charge in [0.1, 0.15) is 0 Å². The van der Waals surface area contributed by atoms with Gasteiger partial charge in [-0.1, -0.05) is 35.9 Å². The Hall–Kier alpha value is -1.74. The number of hydrogen-bond acceptors (Lipinski definition) is 4. The quantitative estimate of drug-likeness (QED) is 0.712. The molecule has 0 aromatic heterocycles. The molecule has 0 spiro atoms. The predicted molar refractivity (Wildman–Crippen MR) is 107 cm³/mol. The lowest BCUT2D eigenvalue weighted by Crippen LogP contribution is -2.33. The molecule has 0 heterocycles. The summed E-state index contributed by atoms with van der Waals surface area (Å²) in [5.41, 5.74) is 2.00. The molecular formula is C20H24N2O4S2. The van der Waals surface area contributed by atoms with E-state index in [0.717, 1.165) is 36.8 Å². The number of nitrogens with one attached hydrogen (secondary N) is 1. The third-order valence-corrected chi connectivity index (χ3v) is 8.41. The fourth-order valence-electron chi connectivity index (χ4n) is 3.19. The molecule has 0 saturated heterocycles. The summed E-state index contributed by atoms with van der Waals surface area (Å²) in [7, 11) is -7.51. The van der Waals surface area contributed by atoms with Crippen molar-refractivity contribution in [2.45, 2.75) is 61.0 Å². The van der Waals surface area contributed by atoms with Crippen LogP contribution in [0.2, 0.25) is 0 Å². The maximum absolute atomic E-state index is 13.3. The van der Waals surface area contributed by atoms with E-state index in [1.165, 1.54) is 28.6 Å². The zero-order valence-corrected chi connectivity index (χ0v) is 17.3. The SMILES string of the molecule is Cc1cccc(CN(C2CC2)S(=O)(=O)c2cccc(S(=O)(=O)NC3CC3)c2)c1. The van der Waals surface area contributed by atoms with Crippen LogP contribution in [0.5, 0.6) is 0 Å². The van der Waals surface area contributed by atoms with Gasteiger partial charge in [-0.3, -0.25) is 0 Å². The molecule has 1 N–H and O–H groups in total. The maximum Gasteiger partial charge on any atom is 0.243 e. The van der Waals surface area contributed by atoms with Gasteiger partial charge in [-0.15, -0.1) is 0 Å². The van der Waals surface area contributed by atoms with Gasteiger partial charge in [0.2, 0.25) is 20.0 Å². The van der Waals surface area contributed by atoms with Gasteiger partial charge in [0.25, 0.3) is 0 Å². The maximum atomic E-state index is 13.3. The van der Waals surface area contributed by atoms with E-state index in [4.69, 9.17) is 0 Å². The second-order valence-electron chi connectivity index (χ2n) is 7.64. The zero-order valence-electron chi connectivity index (χ0n) is 15.7. The Balaban J connectivity index is 1.65. The van der Waals surface area contributed by atoms with Crippen molar-refractivity contribution >= 4 is 20.0 Å². The monoisotopic (exact) mass is 420 g/mol. The van der Waals surface area contributed by atoms with Crippen LogP contribution in [-0.2, 0) is 26.6 Å². The van der Waals surface area contributed by atoms with E-state index in [1.54, 1.807) is 0 Å². The lowest BCUT2D eigenvalue weighted by atomic mass is 10.1. The highest BCUT2D eigenvalue weighted by molar-refractivity contribution is 7.90. The first-order valence-electron chi connectivity index (χ1n) is 9.45. The summed E-state index contributed by atoms with van der Waals surface area (Å²) in [6, 6.07) is 13.4. The Labute approximate surface area is 166 Å². The van der Waals surface area contributed by atoms with Gasteiger partial charge in [-0.05, 0) is 56.4 Å². The molecule has 0 bridgehead atoms. The van der Waals surface area contributed by atoms with Gasteiger partial charge in [-0.2, -0.15) is 4.31 Å². The minimum Gasteiger partial charge on any atom is -0.208 e. The zero-order chi connectivity index (χ0) is 19.9. The highest BCUT2D eigenvalue weighted by Crippen LogP contribution is 2.34. The molecule has 2 aromatic rings. The minimum atomic E-state index is -3.80. The Bertz CT molecular complexity index is 1090. The van der Waals surface area contributed by atoms with Crippen LogP contribution in [0.15, 0.2) is 58.3 Å². The summed E-state index contributed by atoms with van der Waals surface area (Å²) in [6.45, 7) is 2.26. The van der Waals surface area contributed by atoms with Crippen molar-refractivity contribution in [1.29, 1.82) is 0 Å². The van der Waals surface area contributed by atoms with Crippen LogP contribution in [0, 0.1) is 6.92 Å². The Kier molecular flexibility index (Phi) is 5.07. The van der Waals surface area contributed by atoms with E-state index in [9.17, 15) is 16.8 Å². The van der Waals surface area contributed by atoms with Crippen LogP contribution < -0.4 is 4.72 Å². The molecule has 0 aliphatic heterocycles. The number of rotatable bonds is 8. The van der Waals surface area contributed by atoms with Crippen molar-refractivity contribution in [1.82, 2.24) is 9.03 Å². The predicted octanol–water partition coefficient (Wildman–Crippen LogP) is 2.79. The number of sulfonamides is 2. The average Bonchev–Trinajstić information content (AvgIpc) is 3.55. The van der Waals surface area contributed by atoms with Gasteiger partial charge in [0, 0.05) is 18.6 Å². The average molecular weight is 421 g/mol. The van der Waals surface area contributed by atoms with Gasteiger partial charge in [-0.25, -0.2) is 21.6 Å². The summed E-state index contributed by atoms with van der Waals surface area (Å²) in [5, 5.41) is 0. The van der Waals surface area contributed by atoms with Crippen LogP contribution >= 0.6 is 0 Å². The molecule has 0 radical (unpaired) electrons. The molecule has 0 unspecified atom stereocenters. The molecule has 2 aliphatic carbocycles. The molecule has 2 fully saturated rings. The van der Waals surface area contributed by atoms with Crippen LogP contribution in [0.25, 0.3) is 0 Å². The normalized spacial score (nSPS) is 17.8. The van der Waals surface area contributed by atoms with Crippen LogP contribution in [-0.4, -0.2) is 33.2 Å². The molecule has 2 aromatic carbocycles. The highest BCUT2D eigenvalue weighted by Gasteiger charge is 2.38. The third-order valence-electron chi connectivity index (χ3n) is 5.00. The number of benzene rings is 2. The van der Waals surface area contributed by atoms with Crippen molar-refractivity contribution in [3.05, 3.63) is 59.7 Å². The third kappa shape index (κ3) is 4.30. The molecule has 150 valence electrons. The molecule has 28 heavy (non-hydrogen) atoms. The Morgan fingerprint density at radius 1 is 0.929 bits per heavy atom. The molecular weight excluding hydrogens is 396 g/mol. The fourth-order valence-corrected chi connectivity index (χ4v) is 6.33. The van der Waals surface area contributed by atoms with Crippen molar-refractivity contribution in [3.63, 3.8) is 0 Å². The van der Waals surface area contributed by atoms with Crippen LogP contribution in [0.1, 0.15) is 36.8 Å². The van der Waals surface area contributed by atoms with E-state index in [-0.39, 0.29) is 28.4 Å². The van der Waals surface area contributed by atoms with Gasteiger partial charge >= 0.3 is 0 Å². The summed E-state index contributed by atoms with van der Waals surface area (Å²) >= 11 is 0. The van der Waals surface area contributed by atoms with E-state index in [0.29, 0.717) is 0 Å². The van der Waals surface area contributed by atoms with Gasteiger partial charge in [0.05, 0.1) is 9.79 Å². The largest absolute Gasteiger partial charge is 0.243 e. The first-order chi connectivity index (χ1) is 13.3. The topological polar surface area (TPSA) is 83.6 Å². The molecule has 6 nitrogen and oxygen atoms in total. The van der Waals surface area contributed by atoms with E-state index in [2.05, 4.69) is 4.72 Å². The lowest BCUT2D eigenvalue weighted by molar-refractivity contribution is 0.398. The summed E-state index contributed by atoms with van der Waals surface area (Å²) < 4.78 is 55.7. The number of aryl methyl sites for hydroxylation is 1. The lowest BCUT2D eigenvalue weighted by Gasteiger charge is -2.22. The minimum absolute atomic E-state index is 0.00761. The van der Waals surface area contributed by atoms with Crippen molar-refractivity contribution in [2.75, 3.05) is 0 Å². The van der Waals surface area contributed by atoms with E-state index in [1.807, 2.05) is 31.2 Å². The van der Waals surface area contributed by atoms with Crippen molar-refractivity contribution in [2.24, 2.45) is 0 Å². The van der Waals surface area contributed by atoms with Gasteiger partial charge < -0.3 is 0 Å². The Morgan fingerprint density at radius 3 is 2.25 bits per heavy atom. The molecule has 0 amide bonds. The first-order valence-corrected chi connectivity index (χ1v) is 12.4. The van der Waals surface area contributed by atoms with Crippen LogP contribution in [0.4, 0.5) is 0 Å². The molecule has 4 rings (SSSR count). The van der Waals surface area contributed by atoms with Crippen molar-refractivity contribution in [3.8, 4) is 0 Å². The fraction of sp³-hybridized carbons (Fsp3) is 0.400. The summed E-state index contributed by atoms with van der Waals surface area (Å²) in [5.74, 6) is 0. The van der Waals surface area contributed by atoms with Crippen molar-refractivity contribution < 1.29 is 16.8 Å². The van der Waals surface area contributed by atoms with Gasteiger partial charge in [0.15, 0.2) is 0 Å². The van der Waals surface area contributed by atoms with Crippen LogP contribution in [0.3, 0.4) is 0 Å². The molecule has 2 aliphatic rings. The standard InChI is InChI=1S/C20H24N2O4S2/c1-15-4-2-5-16(12-15)14-22(18-10-11-18)28(25,26)20-7-3-6-19(13-20)27(23,24)21-17-8-9-17/h2-7,12-13,17-18,21H,8-11,14H2,1H3. The summed E-state index contributed by atoms with van der Waals surface area (Å²) in [4.78, 5) is 0.0116. The molecule has 2 saturated carbocycles. The first kappa shape index (κ1) is 19.6.